The highest BCUT2D eigenvalue weighted by Gasteiger charge is 2.22. The number of aliphatic hydroxyl groups is 1. The zero-order valence-corrected chi connectivity index (χ0v) is 11.5. The Morgan fingerprint density at radius 2 is 1.89 bits per heavy atom. The number of thiophene rings is 1. The minimum atomic E-state index is -1.00. The Morgan fingerprint density at radius 1 is 1.16 bits per heavy atom. The van der Waals surface area contributed by atoms with Crippen LogP contribution in [0.4, 0.5) is 8.78 Å². The first-order chi connectivity index (χ1) is 9.06. The topological polar surface area (TPSA) is 20.2 Å². The molecule has 1 aromatic carbocycles. The lowest BCUT2D eigenvalue weighted by Gasteiger charge is -2.11. The van der Waals surface area contributed by atoms with Crippen LogP contribution in [0, 0.1) is 11.6 Å². The molecule has 1 unspecified atom stereocenters. The number of hydrogen-bond acceptors (Lipinski definition) is 2. The van der Waals surface area contributed by atoms with E-state index in [0.717, 1.165) is 36.3 Å². The van der Waals surface area contributed by atoms with Gasteiger partial charge >= 0.3 is 0 Å². The summed E-state index contributed by atoms with van der Waals surface area (Å²) in [6.45, 7) is 0. The van der Waals surface area contributed by atoms with Crippen molar-refractivity contribution in [3.8, 4) is 0 Å². The molecule has 1 heterocycles. The zero-order valence-electron chi connectivity index (χ0n) is 9.92. The van der Waals surface area contributed by atoms with Crippen LogP contribution in [0.3, 0.4) is 0 Å². The van der Waals surface area contributed by atoms with Crippen LogP contribution in [0.1, 0.15) is 33.4 Å². The SMILES string of the molecule is OC(c1cc2c(s1)CCC2)c1cc(F)c(F)cc1Cl. The number of rotatable bonds is 2. The van der Waals surface area contributed by atoms with Gasteiger partial charge in [0.1, 0.15) is 6.10 Å². The van der Waals surface area contributed by atoms with E-state index in [1.54, 1.807) is 0 Å². The number of fused-ring (bicyclic) bond motifs is 1. The molecule has 0 saturated heterocycles. The molecule has 0 spiro atoms. The van der Waals surface area contributed by atoms with E-state index in [1.807, 2.05) is 6.07 Å². The van der Waals surface area contributed by atoms with E-state index in [9.17, 15) is 13.9 Å². The molecule has 0 radical (unpaired) electrons. The Bertz CT molecular complexity index is 617. The van der Waals surface area contributed by atoms with Crippen molar-refractivity contribution in [2.75, 3.05) is 0 Å². The number of aryl methyl sites for hydroxylation is 2. The third kappa shape index (κ3) is 2.29. The summed E-state index contributed by atoms with van der Waals surface area (Å²) in [5.74, 6) is -2.00. The van der Waals surface area contributed by atoms with Crippen LogP contribution in [-0.4, -0.2) is 5.11 Å². The van der Waals surface area contributed by atoms with Crippen molar-refractivity contribution in [1.29, 1.82) is 0 Å². The van der Waals surface area contributed by atoms with Crippen LogP contribution in [0.25, 0.3) is 0 Å². The summed E-state index contributed by atoms with van der Waals surface area (Å²) >= 11 is 7.40. The van der Waals surface area contributed by atoms with E-state index >= 15 is 0 Å². The van der Waals surface area contributed by atoms with Crippen molar-refractivity contribution < 1.29 is 13.9 Å². The quantitative estimate of drug-likeness (QED) is 0.822. The molecule has 1 atom stereocenters. The zero-order chi connectivity index (χ0) is 13.6. The van der Waals surface area contributed by atoms with Gasteiger partial charge in [0.05, 0.1) is 0 Å². The van der Waals surface area contributed by atoms with Crippen molar-refractivity contribution >= 4 is 22.9 Å². The van der Waals surface area contributed by atoms with Gasteiger partial charge in [-0.25, -0.2) is 8.78 Å². The molecular weight excluding hydrogens is 290 g/mol. The minimum Gasteiger partial charge on any atom is -0.383 e. The molecule has 0 fully saturated rings. The summed E-state index contributed by atoms with van der Waals surface area (Å²) in [7, 11) is 0. The summed E-state index contributed by atoms with van der Waals surface area (Å²) < 4.78 is 26.3. The molecule has 1 aliphatic carbocycles. The molecule has 3 rings (SSSR count). The second-order valence-electron chi connectivity index (χ2n) is 4.64. The van der Waals surface area contributed by atoms with E-state index in [0.29, 0.717) is 0 Å². The fourth-order valence-electron chi connectivity index (χ4n) is 2.39. The highest BCUT2D eigenvalue weighted by molar-refractivity contribution is 7.12. The van der Waals surface area contributed by atoms with Gasteiger partial charge in [0.25, 0.3) is 0 Å². The number of benzene rings is 1. The van der Waals surface area contributed by atoms with E-state index in [-0.39, 0.29) is 10.6 Å². The Morgan fingerprint density at radius 3 is 2.63 bits per heavy atom. The van der Waals surface area contributed by atoms with Crippen molar-refractivity contribution in [2.24, 2.45) is 0 Å². The van der Waals surface area contributed by atoms with Crippen molar-refractivity contribution in [1.82, 2.24) is 0 Å². The van der Waals surface area contributed by atoms with Crippen LogP contribution >= 0.6 is 22.9 Å². The molecule has 2 aromatic rings. The van der Waals surface area contributed by atoms with Crippen LogP contribution in [0.2, 0.25) is 5.02 Å². The molecule has 5 heteroatoms. The molecule has 1 nitrogen and oxygen atoms in total. The Balaban J connectivity index is 1.99. The summed E-state index contributed by atoms with van der Waals surface area (Å²) in [6, 6.07) is 3.80. The predicted octanol–water partition coefficient (Wildman–Crippen LogP) is 4.25. The number of halogens is 3. The van der Waals surface area contributed by atoms with Gasteiger partial charge in [-0.15, -0.1) is 11.3 Å². The molecule has 0 bridgehead atoms. The first-order valence-corrected chi connectivity index (χ1v) is 7.19. The summed E-state index contributed by atoms with van der Waals surface area (Å²) in [6.07, 6.45) is 2.18. The van der Waals surface area contributed by atoms with Crippen LogP contribution in [-0.2, 0) is 12.8 Å². The van der Waals surface area contributed by atoms with Gasteiger partial charge < -0.3 is 5.11 Å². The lowest BCUT2D eigenvalue weighted by molar-refractivity contribution is 0.223. The van der Waals surface area contributed by atoms with Gasteiger partial charge in [-0.2, -0.15) is 0 Å². The standard InChI is InChI=1S/C14H11ClF2OS/c15-9-6-11(17)10(16)5-8(9)14(18)13-4-7-2-1-3-12(7)19-13/h4-6,14,18H,1-3H2. The van der Waals surface area contributed by atoms with E-state index in [1.165, 1.54) is 21.8 Å². The Kier molecular flexibility index (Phi) is 3.33. The molecule has 0 saturated carbocycles. The first kappa shape index (κ1) is 13.0. The predicted molar refractivity (Wildman–Crippen MR) is 71.8 cm³/mol. The maximum absolute atomic E-state index is 13.3. The van der Waals surface area contributed by atoms with Crippen LogP contribution in [0.15, 0.2) is 18.2 Å². The minimum absolute atomic E-state index is 0.0416. The number of aliphatic hydroxyl groups excluding tert-OH is 1. The molecule has 0 aliphatic heterocycles. The van der Waals surface area contributed by atoms with E-state index in [2.05, 4.69) is 0 Å². The third-order valence-corrected chi connectivity index (χ3v) is 4.99. The van der Waals surface area contributed by atoms with E-state index < -0.39 is 17.7 Å². The Labute approximate surface area is 118 Å². The van der Waals surface area contributed by atoms with Crippen molar-refractivity contribution in [3.63, 3.8) is 0 Å². The van der Waals surface area contributed by atoms with Gasteiger partial charge in [0.15, 0.2) is 11.6 Å². The molecule has 0 amide bonds. The smallest absolute Gasteiger partial charge is 0.160 e. The summed E-state index contributed by atoms with van der Waals surface area (Å²) in [4.78, 5) is 2.00. The molecular formula is C14H11ClF2OS. The maximum Gasteiger partial charge on any atom is 0.160 e. The summed E-state index contributed by atoms with van der Waals surface area (Å²) in [5.41, 5.74) is 1.46. The fourth-order valence-corrected chi connectivity index (χ4v) is 3.90. The second-order valence-corrected chi connectivity index (χ2v) is 6.22. The maximum atomic E-state index is 13.3. The second kappa shape index (κ2) is 4.85. The normalized spacial score (nSPS) is 15.6. The number of hydrogen-bond donors (Lipinski definition) is 1. The largest absolute Gasteiger partial charge is 0.383 e. The average Bonchev–Trinajstić information content (AvgIpc) is 2.93. The van der Waals surface area contributed by atoms with Crippen molar-refractivity contribution in [3.05, 3.63) is 55.7 Å². The molecule has 1 aromatic heterocycles. The molecule has 1 aliphatic rings. The monoisotopic (exact) mass is 300 g/mol. The summed E-state index contributed by atoms with van der Waals surface area (Å²) in [5, 5.41) is 10.3. The lowest BCUT2D eigenvalue weighted by atomic mass is 10.1. The van der Waals surface area contributed by atoms with Gasteiger partial charge in [-0.05, 0) is 43.0 Å². The van der Waals surface area contributed by atoms with Crippen molar-refractivity contribution in [2.45, 2.75) is 25.4 Å². The van der Waals surface area contributed by atoms with Gasteiger partial charge in [0.2, 0.25) is 0 Å². The van der Waals surface area contributed by atoms with Crippen LogP contribution in [0.5, 0.6) is 0 Å². The molecule has 100 valence electrons. The third-order valence-electron chi connectivity index (χ3n) is 3.37. The van der Waals surface area contributed by atoms with Crippen LogP contribution < -0.4 is 0 Å². The van der Waals surface area contributed by atoms with Gasteiger partial charge in [-0.1, -0.05) is 11.6 Å². The molecule has 19 heavy (non-hydrogen) atoms. The highest BCUT2D eigenvalue weighted by atomic mass is 35.5. The van der Waals surface area contributed by atoms with Gasteiger partial charge in [-0.3, -0.25) is 0 Å². The Hall–Kier alpha value is -0.970. The fraction of sp³-hybridized carbons (Fsp3) is 0.286. The highest BCUT2D eigenvalue weighted by Crippen LogP contribution is 2.38. The van der Waals surface area contributed by atoms with E-state index in [4.69, 9.17) is 11.6 Å². The average molecular weight is 301 g/mol. The molecule has 1 N–H and O–H groups in total. The lowest BCUT2D eigenvalue weighted by Crippen LogP contribution is -2.00. The first-order valence-electron chi connectivity index (χ1n) is 6.00. The van der Waals surface area contributed by atoms with Gasteiger partial charge in [0, 0.05) is 20.3 Å².